The fourth-order valence-corrected chi connectivity index (χ4v) is 1.80. The van der Waals surface area contributed by atoms with E-state index in [9.17, 15) is 0 Å². The van der Waals surface area contributed by atoms with Crippen molar-refractivity contribution in [2.75, 3.05) is 12.4 Å². The van der Waals surface area contributed by atoms with Crippen LogP contribution in [0.3, 0.4) is 0 Å². The van der Waals surface area contributed by atoms with Crippen LogP contribution in [-0.2, 0) is 0 Å². The molecule has 0 aliphatic carbocycles. The van der Waals surface area contributed by atoms with Crippen LogP contribution in [0, 0.1) is 0 Å². The van der Waals surface area contributed by atoms with Gasteiger partial charge < -0.3 is 5.32 Å². The molecule has 0 amide bonds. The molecule has 0 heterocycles. The Bertz CT molecular complexity index is 466. The Morgan fingerprint density at radius 2 is 1.80 bits per heavy atom. The number of nitrogens with one attached hydrogen (secondary N) is 1. The van der Waals surface area contributed by atoms with Crippen LogP contribution in [0.15, 0.2) is 48.5 Å². The van der Waals surface area contributed by atoms with E-state index in [0.717, 1.165) is 16.3 Å². The van der Waals surface area contributed by atoms with E-state index in [4.69, 9.17) is 11.6 Å². The van der Waals surface area contributed by atoms with Crippen LogP contribution in [-0.4, -0.2) is 7.05 Å². The van der Waals surface area contributed by atoms with Gasteiger partial charge in [-0.2, -0.15) is 0 Å². The lowest BCUT2D eigenvalue weighted by molar-refractivity contribution is 1.50. The van der Waals surface area contributed by atoms with Gasteiger partial charge in [-0.25, -0.2) is 0 Å². The summed E-state index contributed by atoms with van der Waals surface area (Å²) in [5.41, 5.74) is 3.41. The highest BCUT2D eigenvalue weighted by Gasteiger charge is 2.02. The van der Waals surface area contributed by atoms with E-state index < -0.39 is 0 Å². The molecule has 15 heavy (non-hydrogen) atoms. The fraction of sp³-hybridized carbons (Fsp3) is 0.0769. The normalized spacial score (nSPS) is 10.0. The Hall–Kier alpha value is -1.47. The summed E-state index contributed by atoms with van der Waals surface area (Å²) >= 11 is 5.97. The van der Waals surface area contributed by atoms with Crippen molar-refractivity contribution in [3.05, 3.63) is 53.6 Å². The second-order valence-electron chi connectivity index (χ2n) is 3.31. The van der Waals surface area contributed by atoms with Crippen molar-refractivity contribution in [1.82, 2.24) is 0 Å². The third-order valence-corrected chi connectivity index (χ3v) is 2.57. The number of rotatable bonds is 2. The van der Waals surface area contributed by atoms with E-state index >= 15 is 0 Å². The number of anilines is 1. The maximum absolute atomic E-state index is 5.97. The average molecular weight is 218 g/mol. The highest BCUT2D eigenvalue weighted by molar-refractivity contribution is 6.30. The summed E-state index contributed by atoms with van der Waals surface area (Å²) in [7, 11) is 1.92. The minimum atomic E-state index is 0.762. The number of hydrogen-bond donors (Lipinski definition) is 1. The van der Waals surface area contributed by atoms with Crippen molar-refractivity contribution < 1.29 is 0 Å². The van der Waals surface area contributed by atoms with Gasteiger partial charge in [0.15, 0.2) is 0 Å². The molecule has 0 atom stereocenters. The van der Waals surface area contributed by atoms with E-state index in [-0.39, 0.29) is 0 Å². The minimum Gasteiger partial charge on any atom is -0.388 e. The molecule has 0 unspecified atom stereocenters. The quantitative estimate of drug-likeness (QED) is 0.801. The van der Waals surface area contributed by atoms with Gasteiger partial charge in [0.25, 0.3) is 0 Å². The molecular weight excluding hydrogens is 206 g/mol. The molecule has 0 fully saturated rings. The Labute approximate surface area is 94.7 Å². The van der Waals surface area contributed by atoms with Crippen molar-refractivity contribution in [3.8, 4) is 11.1 Å². The Morgan fingerprint density at radius 3 is 2.53 bits per heavy atom. The van der Waals surface area contributed by atoms with Crippen molar-refractivity contribution >= 4 is 17.3 Å². The van der Waals surface area contributed by atoms with Gasteiger partial charge >= 0.3 is 0 Å². The number of benzene rings is 2. The molecule has 2 aromatic carbocycles. The summed E-state index contributed by atoms with van der Waals surface area (Å²) in [6.07, 6.45) is 0. The predicted molar refractivity (Wildman–Crippen MR) is 66.4 cm³/mol. The lowest BCUT2D eigenvalue weighted by Crippen LogP contribution is -1.90. The summed E-state index contributed by atoms with van der Waals surface area (Å²) in [6.45, 7) is 0. The summed E-state index contributed by atoms with van der Waals surface area (Å²) in [5, 5.41) is 3.93. The fourth-order valence-electron chi connectivity index (χ4n) is 1.61. The smallest absolute Gasteiger partial charge is 0.0417 e. The van der Waals surface area contributed by atoms with Crippen molar-refractivity contribution in [2.24, 2.45) is 0 Å². The molecule has 2 aromatic rings. The maximum atomic E-state index is 5.97. The molecule has 2 rings (SSSR count). The standard InChI is InChI=1S/C13H12ClN/c1-15-13-8-3-2-7-12(13)10-5-4-6-11(14)9-10/h2-9,15H,1H3. The zero-order valence-corrected chi connectivity index (χ0v) is 9.25. The number of hydrogen-bond acceptors (Lipinski definition) is 1. The summed E-state index contributed by atoms with van der Waals surface area (Å²) < 4.78 is 0. The molecule has 2 heteroatoms. The van der Waals surface area contributed by atoms with Crippen LogP contribution >= 0.6 is 11.6 Å². The van der Waals surface area contributed by atoms with E-state index in [2.05, 4.69) is 23.5 Å². The molecule has 76 valence electrons. The van der Waals surface area contributed by atoms with Gasteiger partial charge in [0.2, 0.25) is 0 Å². The number of para-hydroxylation sites is 1. The third-order valence-electron chi connectivity index (χ3n) is 2.33. The molecule has 0 radical (unpaired) electrons. The molecule has 0 spiro atoms. The second kappa shape index (κ2) is 4.37. The lowest BCUT2D eigenvalue weighted by atomic mass is 10.0. The van der Waals surface area contributed by atoms with Gasteiger partial charge in [-0.1, -0.05) is 41.9 Å². The van der Waals surface area contributed by atoms with E-state index in [1.807, 2.05) is 37.4 Å². The molecular formula is C13H12ClN. The monoisotopic (exact) mass is 217 g/mol. The summed E-state index contributed by atoms with van der Waals surface area (Å²) in [4.78, 5) is 0. The van der Waals surface area contributed by atoms with E-state index in [0.29, 0.717) is 0 Å². The summed E-state index contributed by atoms with van der Waals surface area (Å²) in [6, 6.07) is 16.0. The molecule has 0 saturated heterocycles. The van der Waals surface area contributed by atoms with Gasteiger partial charge in [0.1, 0.15) is 0 Å². The van der Waals surface area contributed by atoms with Crippen LogP contribution < -0.4 is 5.32 Å². The van der Waals surface area contributed by atoms with Gasteiger partial charge in [-0.3, -0.25) is 0 Å². The first-order valence-electron chi connectivity index (χ1n) is 4.84. The molecule has 0 aliphatic heterocycles. The lowest BCUT2D eigenvalue weighted by Gasteiger charge is -2.08. The van der Waals surface area contributed by atoms with E-state index in [1.165, 1.54) is 5.56 Å². The Balaban J connectivity index is 2.53. The first-order chi connectivity index (χ1) is 7.31. The molecule has 0 saturated carbocycles. The van der Waals surface area contributed by atoms with Crippen molar-refractivity contribution in [3.63, 3.8) is 0 Å². The highest BCUT2D eigenvalue weighted by Crippen LogP contribution is 2.28. The predicted octanol–water partition coefficient (Wildman–Crippen LogP) is 4.05. The van der Waals surface area contributed by atoms with Crippen LogP contribution in [0.2, 0.25) is 5.02 Å². The first-order valence-corrected chi connectivity index (χ1v) is 5.22. The Kier molecular flexibility index (Phi) is 2.93. The second-order valence-corrected chi connectivity index (χ2v) is 3.74. The topological polar surface area (TPSA) is 12.0 Å². The largest absolute Gasteiger partial charge is 0.388 e. The summed E-state index contributed by atoms with van der Waals surface area (Å²) in [5.74, 6) is 0. The zero-order valence-electron chi connectivity index (χ0n) is 8.50. The maximum Gasteiger partial charge on any atom is 0.0417 e. The Morgan fingerprint density at radius 1 is 1.00 bits per heavy atom. The third kappa shape index (κ3) is 2.13. The molecule has 1 N–H and O–H groups in total. The highest BCUT2D eigenvalue weighted by atomic mass is 35.5. The molecule has 0 bridgehead atoms. The van der Waals surface area contributed by atoms with Crippen molar-refractivity contribution in [1.29, 1.82) is 0 Å². The minimum absolute atomic E-state index is 0.762. The van der Waals surface area contributed by atoms with Crippen LogP contribution in [0.1, 0.15) is 0 Å². The average Bonchev–Trinajstić information content (AvgIpc) is 2.29. The molecule has 0 aliphatic rings. The van der Waals surface area contributed by atoms with Crippen LogP contribution in [0.4, 0.5) is 5.69 Å². The zero-order chi connectivity index (χ0) is 10.7. The van der Waals surface area contributed by atoms with Crippen LogP contribution in [0.25, 0.3) is 11.1 Å². The van der Waals surface area contributed by atoms with Gasteiger partial charge in [-0.15, -0.1) is 0 Å². The molecule has 1 nitrogen and oxygen atoms in total. The van der Waals surface area contributed by atoms with Gasteiger partial charge in [-0.05, 0) is 23.8 Å². The number of halogens is 1. The van der Waals surface area contributed by atoms with Gasteiger partial charge in [0, 0.05) is 23.3 Å². The van der Waals surface area contributed by atoms with Crippen molar-refractivity contribution in [2.45, 2.75) is 0 Å². The van der Waals surface area contributed by atoms with Crippen LogP contribution in [0.5, 0.6) is 0 Å². The SMILES string of the molecule is CNc1ccccc1-c1cccc(Cl)c1. The first kappa shape index (κ1) is 10.1. The van der Waals surface area contributed by atoms with E-state index in [1.54, 1.807) is 0 Å². The van der Waals surface area contributed by atoms with Gasteiger partial charge in [0.05, 0.1) is 0 Å². The molecule has 0 aromatic heterocycles.